The third kappa shape index (κ3) is 1.81. The first kappa shape index (κ1) is 11.3. The molecule has 3 rings (SSSR count). The molecule has 0 radical (unpaired) electrons. The highest BCUT2D eigenvalue weighted by Crippen LogP contribution is 2.22. The number of aromatic nitrogens is 3. The topological polar surface area (TPSA) is 73.8 Å². The third-order valence-corrected chi connectivity index (χ3v) is 2.72. The highest BCUT2D eigenvalue weighted by Gasteiger charge is 2.14. The van der Waals surface area contributed by atoms with E-state index in [-0.39, 0.29) is 11.4 Å². The molecule has 0 amide bonds. The van der Waals surface area contributed by atoms with Gasteiger partial charge in [0.05, 0.1) is 16.5 Å². The monoisotopic (exact) mass is 258 g/mol. The zero-order chi connectivity index (χ0) is 13.4. The Balaban J connectivity index is 2.19. The molecule has 0 aliphatic heterocycles. The van der Waals surface area contributed by atoms with Gasteiger partial charge < -0.3 is 0 Å². The SMILES string of the molecule is O=[N+]([O-])c1ccc(-n2nnc3ccccc32)c(F)c1. The first-order valence-corrected chi connectivity index (χ1v) is 5.41. The largest absolute Gasteiger partial charge is 0.272 e. The Morgan fingerprint density at radius 1 is 1.21 bits per heavy atom. The number of para-hydroxylation sites is 1. The molecule has 1 aromatic heterocycles. The number of nitro groups is 1. The van der Waals surface area contributed by atoms with Crippen molar-refractivity contribution < 1.29 is 9.31 Å². The molecule has 3 aromatic rings. The van der Waals surface area contributed by atoms with Crippen molar-refractivity contribution in [2.75, 3.05) is 0 Å². The second kappa shape index (κ2) is 4.13. The summed E-state index contributed by atoms with van der Waals surface area (Å²) in [5.41, 5.74) is 1.08. The number of non-ortho nitro benzene ring substituents is 1. The number of rotatable bonds is 2. The molecule has 1 heterocycles. The second-order valence-electron chi connectivity index (χ2n) is 3.88. The molecule has 0 aliphatic rings. The maximum absolute atomic E-state index is 13.9. The highest BCUT2D eigenvalue weighted by molar-refractivity contribution is 5.76. The van der Waals surface area contributed by atoms with Crippen LogP contribution in [0.25, 0.3) is 16.7 Å². The number of nitro benzene ring substituents is 1. The molecule has 0 unspecified atom stereocenters. The molecule has 0 fully saturated rings. The molecule has 2 aromatic carbocycles. The Hall–Kier alpha value is -2.83. The lowest BCUT2D eigenvalue weighted by molar-refractivity contribution is -0.385. The molecule has 6 nitrogen and oxygen atoms in total. The molecular weight excluding hydrogens is 251 g/mol. The van der Waals surface area contributed by atoms with Crippen LogP contribution in [-0.2, 0) is 0 Å². The van der Waals surface area contributed by atoms with Gasteiger partial charge in [-0.05, 0) is 18.2 Å². The Morgan fingerprint density at radius 3 is 2.74 bits per heavy atom. The first-order valence-electron chi connectivity index (χ1n) is 5.41. The van der Waals surface area contributed by atoms with Gasteiger partial charge in [-0.25, -0.2) is 9.07 Å². The van der Waals surface area contributed by atoms with E-state index in [9.17, 15) is 14.5 Å². The minimum Gasteiger partial charge on any atom is -0.258 e. The normalized spacial score (nSPS) is 10.8. The summed E-state index contributed by atoms with van der Waals surface area (Å²) < 4.78 is 15.2. The average Bonchev–Trinajstić information content (AvgIpc) is 2.82. The lowest BCUT2D eigenvalue weighted by Gasteiger charge is -2.03. The van der Waals surface area contributed by atoms with Crippen LogP contribution in [0.2, 0.25) is 0 Å². The van der Waals surface area contributed by atoms with Crippen LogP contribution in [0, 0.1) is 15.9 Å². The predicted molar refractivity (Wildman–Crippen MR) is 65.5 cm³/mol. The van der Waals surface area contributed by atoms with Crippen molar-refractivity contribution in [2.24, 2.45) is 0 Å². The Morgan fingerprint density at radius 2 is 2.00 bits per heavy atom. The van der Waals surface area contributed by atoms with Crippen LogP contribution < -0.4 is 0 Å². The predicted octanol–water partition coefficient (Wildman–Crippen LogP) is 2.47. The molecule has 0 aliphatic carbocycles. The van der Waals surface area contributed by atoms with Gasteiger partial charge in [0, 0.05) is 6.07 Å². The Labute approximate surface area is 106 Å². The molecule has 19 heavy (non-hydrogen) atoms. The summed E-state index contributed by atoms with van der Waals surface area (Å²) in [5, 5.41) is 18.3. The number of benzene rings is 2. The minimum absolute atomic E-state index is 0.124. The van der Waals surface area contributed by atoms with E-state index in [4.69, 9.17) is 0 Å². The van der Waals surface area contributed by atoms with Gasteiger partial charge in [-0.15, -0.1) is 5.10 Å². The van der Waals surface area contributed by atoms with Gasteiger partial charge in [0.25, 0.3) is 5.69 Å². The van der Waals surface area contributed by atoms with Crippen molar-refractivity contribution in [1.29, 1.82) is 0 Å². The van der Waals surface area contributed by atoms with Crippen molar-refractivity contribution >= 4 is 16.7 Å². The molecular formula is C12H7FN4O2. The number of fused-ring (bicyclic) bond motifs is 1. The quantitative estimate of drug-likeness (QED) is 0.522. The summed E-state index contributed by atoms with van der Waals surface area (Å²) in [6.07, 6.45) is 0. The van der Waals surface area contributed by atoms with Gasteiger partial charge in [-0.3, -0.25) is 10.1 Å². The lowest BCUT2D eigenvalue weighted by Crippen LogP contribution is -2.01. The third-order valence-electron chi connectivity index (χ3n) is 2.72. The van der Waals surface area contributed by atoms with Crippen molar-refractivity contribution in [3.05, 3.63) is 58.4 Å². The fourth-order valence-corrected chi connectivity index (χ4v) is 1.83. The Bertz CT molecular complexity index is 784. The maximum atomic E-state index is 13.9. The Kier molecular flexibility index (Phi) is 2.45. The van der Waals surface area contributed by atoms with E-state index in [1.54, 1.807) is 24.3 Å². The summed E-state index contributed by atoms with van der Waals surface area (Å²) in [4.78, 5) is 9.92. The summed E-state index contributed by atoms with van der Waals surface area (Å²) >= 11 is 0. The molecule has 0 saturated heterocycles. The fourth-order valence-electron chi connectivity index (χ4n) is 1.83. The van der Waals surface area contributed by atoms with Gasteiger partial charge in [0.1, 0.15) is 11.2 Å². The summed E-state index contributed by atoms with van der Waals surface area (Å²) in [5.74, 6) is -0.718. The van der Waals surface area contributed by atoms with Crippen LogP contribution in [0.5, 0.6) is 0 Å². The van der Waals surface area contributed by atoms with Gasteiger partial charge in [-0.1, -0.05) is 17.3 Å². The van der Waals surface area contributed by atoms with E-state index in [1.165, 1.54) is 16.8 Å². The van der Waals surface area contributed by atoms with Crippen LogP contribution in [0.3, 0.4) is 0 Å². The summed E-state index contributed by atoms with van der Waals surface area (Å²) in [6.45, 7) is 0. The van der Waals surface area contributed by atoms with E-state index in [2.05, 4.69) is 10.3 Å². The first-order chi connectivity index (χ1) is 9.16. The number of nitrogens with zero attached hydrogens (tertiary/aromatic N) is 4. The standard InChI is InChI=1S/C12H7FN4O2/c13-9-7-8(17(18)19)5-6-11(9)16-12-4-2-1-3-10(12)14-15-16/h1-7H. The van der Waals surface area contributed by atoms with Crippen molar-refractivity contribution in [3.8, 4) is 5.69 Å². The molecule has 0 bridgehead atoms. The highest BCUT2D eigenvalue weighted by atomic mass is 19.1. The van der Waals surface area contributed by atoms with E-state index in [1.807, 2.05) is 0 Å². The molecule has 0 saturated carbocycles. The fraction of sp³-hybridized carbons (Fsp3) is 0. The van der Waals surface area contributed by atoms with E-state index in [0.29, 0.717) is 11.0 Å². The number of hydrogen-bond donors (Lipinski definition) is 0. The average molecular weight is 258 g/mol. The van der Waals surface area contributed by atoms with Crippen LogP contribution in [0.15, 0.2) is 42.5 Å². The van der Waals surface area contributed by atoms with Crippen molar-refractivity contribution in [3.63, 3.8) is 0 Å². The van der Waals surface area contributed by atoms with Crippen LogP contribution >= 0.6 is 0 Å². The maximum Gasteiger partial charge on any atom is 0.272 e. The van der Waals surface area contributed by atoms with E-state index < -0.39 is 10.7 Å². The minimum atomic E-state index is -0.718. The number of hydrogen-bond acceptors (Lipinski definition) is 4. The second-order valence-corrected chi connectivity index (χ2v) is 3.88. The zero-order valence-electron chi connectivity index (χ0n) is 9.52. The van der Waals surface area contributed by atoms with Gasteiger partial charge in [0.2, 0.25) is 0 Å². The molecule has 94 valence electrons. The van der Waals surface area contributed by atoms with E-state index in [0.717, 1.165) is 6.07 Å². The van der Waals surface area contributed by atoms with Gasteiger partial charge in [0.15, 0.2) is 5.82 Å². The van der Waals surface area contributed by atoms with E-state index >= 15 is 0 Å². The zero-order valence-corrected chi connectivity index (χ0v) is 9.52. The summed E-state index contributed by atoms with van der Waals surface area (Å²) in [6, 6.07) is 10.5. The molecule has 0 spiro atoms. The smallest absolute Gasteiger partial charge is 0.258 e. The van der Waals surface area contributed by atoms with Crippen LogP contribution in [0.4, 0.5) is 10.1 Å². The van der Waals surface area contributed by atoms with Crippen LogP contribution in [-0.4, -0.2) is 19.9 Å². The molecule has 7 heteroatoms. The molecule has 0 N–H and O–H groups in total. The van der Waals surface area contributed by atoms with Crippen molar-refractivity contribution in [2.45, 2.75) is 0 Å². The molecule has 0 atom stereocenters. The summed E-state index contributed by atoms with van der Waals surface area (Å²) in [7, 11) is 0. The van der Waals surface area contributed by atoms with Gasteiger partial charge in [-0.2, -0.15) is 0 Å². The van der Waals surface area contributed by atoms with Gasteiger partial charge >= 0.3 is 0 Å². The number of halogens is 1. The van der Waals surface area contributed by atoms with Crippen molar-refractivity contribution in [1.82, 2.24) is 15.0 Å². The lowest BCUT2D eigenvalue weighted by atomic mass is 10.2. The van der Waals surface area contributed by atoms with Crippen LogP contribution in [0.1, 0.15) is 0 Å².